The molecule has 2 aliphatic carbocycles. The Hall–Kier alpha value is -5.34. The maximum atomic E-state index is 13.3. The van der Waals surface area contributed by atoms with Crippen LogP contribution in [-0.4, -0.2) is 34.7 Å². The fraction of sp³-hybridized carbons (Fsp3) is 0.184. The lowest BCUT2D eigenvalue weighted by molar-refractivity contribution is -0.274. The van der Waals surface area contributed by atoms with Gasteiger partial charge in [-0.25, -0.2) is 4.79 Å². The van der Waals surface area contributed by atoms with Gasteiger partial charge in [-0.2, -0.15) is 5.26 Å². The molecule has 49 heavy (non-hydrogen) atoms. The Kier molecular flexibility index (Phi) is 9.60. The number of carbonyl (C=O) groups is 2. The number of alkyl halides is 3. The van der Waals surface area contributed by atoms with Crippen molar-refractivity contribution in [1.29, 1.82) is 5.26 Å². The quantitative estimate of drug-likeness (QED) is 0.101. The molecule has 5 aromatic rings. The van der Waals surface area contributed by atoms with Gasteiger partial charge in [-0.05, 0) is 65.4 Å². The van der Waals surface area contributed by atoms with E-state index in [2.05, 4.69) is 30.6 Å². The van der Waals surface area contributed by atoms with Gasteiger partial charge in [0.05, 0.1) is 23.6 Å². The molecule has 7 nitrogen and oxygen atoms in total. The molecule has 7 rings (SSSR count). The molecular formula is C38H27BrF3N3O4. The maximum absolute atomic E-state index is 13.3. The van der Waals surface area contributed by atoms with E-state index in [1.807, 2.05) is 55.5 Å². The van der Waals surface area contributed by atoms with Crippen molar-refractivity contribution in [3.63, 3.8) is 0 Å². The lowest BCUT2D eigenvalue weighted by Gasteiger charge is -2.31. The van der Waals surface area contributed by atoms with Crippen molar-refractivity contribution < 1.29 is 32.2 Å². The highest BCUT2D eigenvalue weighted by atomic mass is 79.9. The summed E-state index contributed by atoms with van der Waals surface area (Å²) in [7, 11) is 0. The number of hydrogen-bond donors (Lipinski definition) is 0. The van der Waals surface area contributed by atoms with Crippen LogP contribution in [0, 0.1) is 11.3 Å². The Morgan fingerprint density at radius 3 is 2.63 bits per heavy atom. The predicted octanol–water partition coefficient (Wildman–Crippen LogP) is 9.09. The van der Waals surface area contributed by atoms with Gasteiger partial charge in [0.1, 0.15) is 12.4 Å². The first-order valence-corrected chi connectivity index (χ1v) is 16.0. The average molecular weight is 727 g/mol. The van der Waals surface area contributed by atoms with Crippen LogP contribution in [0.1, 0.15) is 62.2 Å². The number of ketones is 1. The number of esters is 1. The van der Waals surface area contributed by atoms with Gasteiger partial charge in [-0.3, -0.25) is 14.8 Å². The number of benzene rings is 3. The van der Waals surface area contributed by atoms with Crippen molar-refractivity contribution in [3.8, 4) is 22.9 Å². The second kappa shape index (κ2) is 14.0. The number of carbonyl (C=O) groups excluding carboxylic acids is 2. The van der Waals surface area contributed by atoms with Gasteiger partial charge in [0.15, 0.2) is 5.78 Å². The number of aromatic nitrogens is 2. The van der Waals surface area contributed by atoms with Crippen LogP contribution in [0.5, 0.6) is 5.75 Å². The lowest BCUT2D eigenvalue weighted by atomic mass is 9.72. The fourth-order valence-corrected chi connectivity index (χ4v) is 6.54. The van der Waals surface area contributed by atoms with Gasteiger partial charge in [-0.1, -0.05) is 70.0 Å². The van der Waals surface area contributed by atoms with E-state index >= 15 is 0 Å². The lowest BCUT2D eigenvalue weighted by Crippen LogP contribution is -2.22. The SMILES string of the molecule is CC1=CC(c2ccc(Br)cc2OC(F)(F)F)c2c(ccc3c2C(=O)Cc2ccccc2-3)C1.N#CCCOC(=O)c1cnc2ccncc2c1. The number of ether oxygens (including phenoxy) is 2. The predicted molar refractivity (Wildman–Crippen MR) is 180 cm³/mol. The van der Waals surface area contributed by atoms with Crippen LogP contribution >= 0.6 is 15.9 Å². The van der Waals surface area contributed by atoms with Crippen molar-refractivity contribution in [2.45, 2.75) is 38.5 Å². The standard InChI is InChI=1S/C26H18BrF3O2.C12H9N3O2/c1-14-10-16-6-8-20-18-5-3-2-4-15(18)12-22(31)25(20)24(16)21(11-14)19-9-7-17(27)13-23(19)32-26(28,29)30;13-3-1-5-17-12(16)10-6-9-7-14-4-2-11(9)15-8-10/h2-9,11,13,21H,10,12H2,1H3;2,4,6-8H,1,5H2. The normalized spacial score (nSPS) is 14.7. The molecule has 0 amide bonds. The van der Waals surface area contributed by atoms with Crippen LogP contribution in [0.25, 0.3) is 22.0 Å². The van der Waals surface area contributed by atoms with Crippen LogP contribution in [0.2, 0.25) is 0 Å². The third kappa shape index (κ3) is 7.39. The minimum atomic E-state index is -4.82. The molecule has 0 fully saturated rings. The monoisotopic (exact) mass is 725 g/mol. The molecule has 246 valence electrons. The molecule has 2 aliphatic rings. The van der Waals surface area contributed by atoms with Crippen LogP contribution in [0.3, 0.4) is 0 Å². The van der Waals surface area contributed by atoms with Crippen molar-refractivity contribution in [2.24, 2.45) is 0 Å². The van der Waals surface area contributed by atoms with E-state index in [4.69, 9.17) is 10.00 Å². The van der Waals surface area contributed by atoms with Gasteiger partial charge in [-0.15, -0.1) is 13.2 Å². The van der Waals surface area contributed by atoms with Crippen molar-refractivity contribution >= 4 is 38.6 Å². The van der Waals surface area contributed by atoms with Gasteiger partial charge in [0.25, 0.3) is 0 Å². The Balaban J connectivity index is 0.000000207. The highest BCUT2D eigenvalue weighted by molar-refractivity contribution is 9.10. The molecule has 0 spiro atoms. The molecule has 0 bridgehead atoms. The number of rotatable bonds is 5. The van der Waals surface area contributed by atoms with Gasteiger partial charge in [0.2, 0.25) is 0 Å². The molecule has 1 unspecified atom stereocenters. The summed E-state index contributed by atoms with van der Waals surface area (Å²) in [6.07, 6.45) is 2.97. The number of nitriles is 1. The summed E-state index contributed by atoms with van der Waals surface area (Å²) in [5, 5.41) is 9.11. The number of fused-ring (bicyclic) bond motifs is 6. The number of nitrogens with zero attached hydrogens (tertiary/aromatic N) is 3. The minimum Gasteiger partial charge on any atom is -0.461 e. The Morgan fingerprint density at radius 2 is 1.84 bits per heavy atom. The van der Waals surface area contributed by atoms with E-state index in [1.54, 1.807) is 36.7 Å². The van der Waals surface area contributed by atoms with Crippen LogP contribution in [0.4, 0.5) is 13.2 Å². The molecular weight excluding hydrogens is 699 g/mol. The van der Waals surface area contributed by atoms with E-state index in [0.717, 1.165) is 44.3 Å². The first kappa shape index (κ1) is 33.6. The minimum absolute atomic E-state index is 0.0103. The molecule has 0 radical (unpaired) electrons. The topological polar surface area (TPSA) is 102 Å². The van der Waals surface area contributed by atoms with E-state index in [9.17, 15) is 22.8 Å². The zero-order valence-electron chi connectivity index (χ0n) is 26.1. The zero-order valence-corrected chi connectivity index (χ0v) is 27.6. The third-order valence-corrected chi connectivity index (χ3v) is 8.70. The third-order valence-electron chi connectivity index (χ3n) is 8.21. The molecule has 0 saturated heterocycles. The van der Waals surface area contributed by atoms with Crippen LogP contribution in [-0.2, 0) is 17.6 Å². The molecule has 1 atom stereocenters. The highest BCUT2D eigenvalue weighted by Gasteiger charge is 2.36. The second-order valence-electron chi connectivity index (χ2n) is 11.6. The Labute approximate surface area is 288 Å². The van der Waals surface area contributed by atoms with Gasteiger partial charge in [0, 0.05) is 51.9 Å². The molecule has 0 aliphatic heterocycles. The highest BCUT2D eigenvalue weighted by Crippen LogP contribution is 2.46. The largest absolute Gasteiger partial charge is 0.573 e. The Bertz CT molecular complexity index is 2170. The van der Waals surface area contributed by atoms with E-state index < -0.39 is 18.2 Å². The average Bonchev–Trinajstić information content (AvgIpc) is 3.07. The van der Waals surface area contributed by atoms with Crippen molar-refractivity contribution in [3.05, 3.63) is 135 Å². The van der Waals surface area contributed by atoms with Crippen LogP contribution in [0.15, 0.2) is 101 Å². The number of hydrogen-bond acceptors (Lipinski definition) is 7. The van der Waals surface area contributed by atoms with Gasteiger partial charge < -0.3 is 9.47 Å². The molecule has 11 heteroatoms. The number of Topliss-reactive ketones (excluding diaryl/α,β-unsaturated/α-hetero) is 1. The summed E-state index contributed by atoms with van der Waals surface area (Å²) in [6.45, 7) is 2.05. The molecule has 0 N–H and O–H groups in total. The first-order valence-electron chi connectivity index (χ1n) is 15.3. The van der Waals surface area contributed by atoms with Gasteiger partial charge >= 0.3 is 12.3 Å². The Morgan fingerprint density at radius 1 is 1.02 bits per heavy atom. The summed E-state index contributed by atoms with van der Waals surface area (Å²) >= 11 is 3.24. The van der Waals surface area contributed by atoms with E-state index in [1.165, 1.54) is 12.3 Å². The smallest absolute Gasteiger partial charge is 0.461 e. The van der Waals surface area contributed by atoms with E-state index in [0.29, 0.717) is 27.6 Å². The number of allylic oxidation sites excluding steroid dienone is 2. The number of halogens is 4. The summed E-state index contributed by atoms with van der Waals surface area (Å²) in [4.78, 5) is 33.0. The van der Waals surface area contributed by atoms with Crippen LogP contribution < -0.4 is 4.74 Å². The first-order chi connectivity index (χ1) is 23.5. The summed E-state index contributed by atoms with van der Waals surface area (Å²) in [5.41, 5.74) is 7.70. The second-order valence-corrected chi connectivity index (χ2v) is 12.5. The fourth-order valence-electron chi connectivity index (χ4n) is 6.20. The molecule has 2 aromatic heterocycles. The summed E-state index contributed by atoms with van der Waals surface area (Å²) < 4.78 is 49.3. The molecule has 0 saturated carbocycles. The summed E-state index contributed by atoms with van der Waals surface area (Å²) in [5.74, 6) is -1.27. The number of pyridine rings is 2. The van der Waals surface area contributed by atoms with Crippen molar-refractivity contribution in [2.75, 3.05) is 6.61 Å². The van der Waals surface area contributed by atoms with Crippen molar-refractivity contribution in [1.82, 2.24) is 9.97 Å². The molecule has 2 heterocycles. The maximum Gasteiger partial charge on any atom is 0.573 e. The van der Waals surface area contributed by atoms with E-state index in [-0.39, 0.29) is 31.0 Å². The zero-order chi connectivity index (χ0) is 34.7. The molecule has 3 aromatic carbocycles. The summed E-state index contributed by atoms with van der Waals surface area (Å²) in [6, 6.07) is 21.7.